The molecular weight excluding hydrogens is 447 g/mol. The lowest BCUT2D eigenvalue weighted by Gasteiger charge is -2.39. The van der Waals surface area contributed by atoms with Crippen molar-refractivity contribution >= 4 is 17.4 Å². The summed E-state index contributed by atoms with van der Waals surface area (Å²) in [5.74, 6) is 1.54. The minimum absolute atomic E-state index is 0.215. The van der Waals surface area contributed by atoms with Crippen molar-refractivity contribution in [2.24, 2.45) is 0 Å². The molecule has 4 fully saturated rings. The van der Waals surface area contributed by atoms with Crippen LogP contribution in [0.1, 0.15) is 70.5 Å². The molecule has 9 heteroatoms. The molecule has 3 saturated heterocycles. The fraction of sp³-hybridized carbons (Fsp3) is 0.654. The van der Waals surface area contributed by atoms with E-state index in [0.717, 1.165) is 62.6 Å². The standard InChI is InChI=1S/C26H35FN6O2/c1-16(2)32-14-19-13-18(32)15-33(19)21-6-4-5-20(27)22(21)28-25(34)31-11-9-26(3,10-12-31)24-29-23(35-30-24)17-7-8-17/h4-6,16-19H,7-15H2,1-3H3,(H,28,34)/t18-,19-/m1/s1. The van der Waals surface area contributed by atoms with Crippen molar-refractivity contribution < 1.29 is 13.7 Å². The Morgan fingerprint density at radius 3 is 2.63 bits per heavy atom. The molecule has 2 amide bonds. The van der Waals surface area contributed by atoms with E-state index >= 15 is 0 Å². The number of halogens is 1. The van der Waals surface area contributed by atoms with E-state index in [2.05, 4.69) is 46.0 Å². The van der Waals surface area contributed by atoms with Gasteiger partial charge in [-0.15, -0.1) is 0 Å². The molecule has 188 valence electrons. The van der Waals surface area contributed by atoms with Gasteiger partial charge in [-0.3, -0.25) is 4.90 Å². The van der Waals surface area contributed by atoms with Gasteiger partial charge in [0.25, 0.3) is 0 Å². The quantitative estimate of drug-likeness (QED) is 0.683. The van der Waals surface area contributed by atoms with E-state index in [4.69, 9.17) is 4.52 Å². The summed E-state index contributed by atoms with van der Waals surface area (Å²) >= 11 is 0. The Hall–Kier alpha value is -2.68. The fourth-order valence-corrected chi connectivity index (χ4v) is 6.09. The van der Waals surface area contributed by atoms with Crippen LogP contribution in [0.3, 0.4) is 0 Å². The van der Waals surface area contributed by atoms with Crippen LogP contribution in [0.4, 0.5) is 20.6 Å². The number of carbonyl (C=O) groups excluding carboxylic acids is 1. The van der Waals surface area contributed by atoms with Crippen molar-refractivity contribution in [3.63, 3.8) is 0 Å². The van der Waals surface area contributed by atoms with Crippen molar-refractivity contribution in [1.82, 2.24) is 19.9 Å². The molecule has 2 aromatic rings. The van der Waals surface area contributed by atoms with Crippen molar-refractivity contribution in [2.75, 3.05) is 36.4 Å². The first kappa shape index (κ1) is 22.8. The van der Waals surface area contributed by atoms with Crippen LogP contribution in [0, 0.1) is 5.82 Å². The van der Waals surface area contributed by atoms with Crippen LogP contribution in [-0.2, 0) is 5.41 Å². The number of hydrogen-bond donors (Lipinski definition) is 1. The maximum atomic E-state index is 15.0. The van der Waals surface area contributed by atoms with Gasteiger partial charge in [0.05, 0.1) is 5.69 Å². The smallest absolute Gasteiger partial charge is 0.321 e. The number of rotatable bonds is 5. The van der Waals surface area contributed by atoms with Crippen molar-refractivity contribution in [1.29, 1.82) is 0 Å². The zero-order chi connectivity index (χ0) is 24.3. The second kappa shape index (κ2) is 8.47. The van der Waals surface area contributed by atoms with E-state index in [0.29, 0.717) is 42.8 Å². The largest absolute Gasteiger partial charge is 0.364 e. The third-order valence-corrected chi connectivity index (χ3v) is 8.54. The van der Waals surface area contributed by atoms with Crippen LogP contribution in [0.5, 0.6) is 0 Å². The molecule has 1 aliphatic carbocycles. The van der Waals surface area contributed by atoms with Gasteiger partial charge in [0, 0.05) is 55.6 Å². The van der Waals surface area contributed by atoms with Crippen molar-refractivity contribution in [2.45, 2.75) is 82.3 Å². The summed E-state index contributed by atoms with van der Waals surface area (Å²) in [4.78, 5) is 24.4. The van der Waals surface area contributed by atoms with Crippen LogP contribution < -0.4 is 10.2 Å². The Bertz CT molecular complexity index is 1110. The number of nitrogens with zero attached hydrogens (tertiary/aromatic N) is 5. The molecule has 35 heavy (non-hydrogen) atoms. The first-order valence-corrected chi connectivity index (χ1v) is 13.0. The Kier molecular flexibility index (Phi) is 5.51. The highest BCUT2D eigenvalue weighted by Gasteiger charge is 2.45. The predicted molar refractivity (Wildman–Crippen MR) is 131 cm³/mol. The highest BCUT2D eigenvalue weighted by atomic mass is 19.1. The van der Waals surface area contributed by atoms with Gasteiger partial charge in [0.2, 0.25) is 5.89 Å². The first-order chi connectivity index (χ1) is 16.8. The van der Waals surface area contributed by atoms with E-state index in [1.54, 1.807) is 11.0 Å². The third-order valence-electron chi connectivity index (χ3n) is 8.54. The summed E-state index contributed by atoms with van der Waals surface area (Å²) in [6, 6.07) is 6.19. The summed E-state index contributed by atoms with van der Waals surface area (Å²) < 4.78 is 20.5. The van der Waals surface area contributed by atoms with Crippen LogP contribution >= 0.6 is 0 Å². The first-order valence-electron chi connectivity index (χ1n) is 13.0. The lowest BCUT2D eigenvalue weighted by atomic mass is 9.80. The van der Waals surface area contributed by atoms with Gasteiger partial charge in [-0.1, -0.05) is 18.1 Å². The van der Waals surface area contributed by atoms with E-state index in [1.165, 1.54) is 6.07 Å². The molecule has 2 bridgehead atoms. The molecule has 6 rings (SSSR count). The number of para-hydroxylation sites is 1. The van der Waals surface area contributed by atoms with Crippen LogP contribution in [-0.4, -0.2) is 70.3 Å². The molecule has 0 radical (unpaired) electrons. The van der Waals surface area contributed by atoms with E-state index in [1.807, 2.05) is 6.07 Å². The topological polar surface area (TPSA) is 77.7 Å². The van der Waals surface area contributed by atoms with Crippen molar-refractivity contribution in [3.8, 4) is 0 Å². The van der Waals surface area contributed by atoms with Crippen LogP contribution in [0.2, 0.25) is 0 Å². The van der Waals surface area contributed by atoms with Crippen LogP contribution in [0.25, 0.3) is 0 Å². The molecule has 1 saturated carbocycles. The Morgan fingerprint density at radius 1 is 1.20 bits per heavy atom. The third kappa shape index (κ3) is 4.07. The van der Waals surface area contributed by atoms with E-state index in [-0.39, 0.29) is 17.3 Å². The maximum absolute atomic E-state index is 15.0. The molecule has 1 aromatic carbocycles. The predicted octanol–water partition coefficient (Wildman–Crippen LogP) is 4.34. The highest BCUT2D eigenvalue weighted by molar-refractivity contribution is 5.93. The maximum Gasteiger partial charge on any atom is 0.321 e. The molecule has 4 aliphatic rings. The fourth-order valence-electron chi connectivity index (χ4n) is 6.09. The highest BCUT2D eigenvalue weighted by Crippen LogP contribution is 2.42. The second-order valence-electron chi connectivity index (χ2n) is 11.3. The number of fused-ring (bicyclic) bond motifs is 2. The molecule has 1 N–H and O–H groups in total. The molecule has 1 aromatic heterocycles. The number of nitrogens with one attached hydrogen (secondary N) is 1. The Balaban J connectivity index is 1.12. The minimum atomic E-state index is -0.388. The average molecular weight is 483 g/mol. The Labute approximate surface area is 205 Å². The number of urea groups is 1. The van der Waals surface area contributed by atoms with Gasteiger partial charge in [0.15, 0.2) is 5.82 Å². The number of hydrogen-bond acceptors (Lipinski definition) is 6. The molecule has 3 aliphatic heterocycles. The zero-order valence-corrected chi connectivity index (χ0v) is 20.8. The zero-order valence-electron chi connectivity index (χ0n) is 20.8. The summed E-state index contributed by atoms with van der Waals surface area (Å²) in [6.45, 7) is 9.58. The summed E-state index contributed by atoms with van der Waals surface area (Å²) in [5, 5.41) is 7.17. The molecule has 8 nitrogen and oxygen atoms in total. The normalized spacial score (nSPS) is 26.1. The summed E-state index contributed by atoms with van der Waals surface area (Å²) in [6.07, 6.45) is 4.83. The number of anilines is 2. The van der Waals surface area contributed by atoms with Crippen molar-refractivity contribution in [3.05, 3.63) is 35.7 Å². The summed E-state index contributed by atoms with van der Waals surface area (Å²) in [5.41, 5.74) is 0.866. The monoisotopic (exact) mass is 482 g/mol. The molecular formula is C26H35FN6O2. The number of amides is 2. The number of carbonyl (C=O) groups is 1. The van der Waals surface area contributed by atoms with Gasteiger partial charge in [-0.25, -0.2) is 9.18 Å². The number of piperidine rings is 1. The lowest BCUT2D eigenvalue weighted by Crippen LogP contribution is -2.49. The van der Waals surface area contributed by atoms with Crippen LogP contribution in [0.15, 0.2) is 22.7 Å². The van der Waals surface area contributed by atoms with Gasteiger partial charge in [-0.2, -0.15) is 4.98 Å². The minimum Gasteiger partial charge on any atom is -0.364 e. The average Bonchev–Trinajstić information content (AvgIpc) is 3.24. The lowest BCUT2D eigenvalue weighted by molar-refractivity contribution is 0.169. The number of likely N-dealkylation sites (tertiary alicyclic amines) is 2. The molecule has 4 heterocycles. The number of benzene rings is 1. The van der Waals surface area contributed by atoms with Gasteiger partial charge >= 0.3 is 6.03 Å². The van der Waals surface area contributed by atoms with Gasteiger partial charge < -0.3 is 19.6 Å². The van der Waals surface area contributed by atoms with Gasteiger partial charge in [-0.05, 0) is 58.1 Å². The number of aromatic nitrogens is 2. The molecule has 0 unspecified atom stereocenters. The van der Waals surface area contributed by atoms with E-state index < -0.39 is 0 Å². The summed E-state index contributed by atoms with van der Waals surface area (Å²) in [7, 11) is 0. The second-order valence-corrected chi connectivity index (χ2v) is 11.3. The molecule has 0 spiro atoms. The SMILES string of the molecule is CC(C)N1C[C@H]2C[C@@H]1CN2c1cccc(F)c1NC(=O)N1CCC(C)(c2noc(C3CC3)n2)CC1. The Morgan fingerprint density at radius 2 is 1.97 bits per heavy atom. The van der Waals surface area contributed by atoms with E-state index in [9.17, 15) is 9.18 Å². The van der Waals surface area contributed by atoms with Gasteiger partial charge in [0.1, 0.15) is 11.5 Å². The number of piperazine rings is 1. The molecule has 2 atom stereocenters.